The summed E-state index contributed by atoms with van der Waals surface area (Å²) in [5.74, 6) is -0.678. The molecule has 3 unspecified atom stereocenters. The van der Waals surface area contributed by atoms with Crippen molar-refractivity contribution in [3.8, 4) is 0 Å². The van der Waals surface area contributed by atoms with Crippen LogP contribution in [0.2, 0.25) is 0 Å². The average Bonchev–Trinajstić information content (AvgIpc) is 2.54. The predicted octanol–water partition coefficient (Wildman–Crippen LogP) is -0.477. The third kappa shape index (κ3) is 8.62. The Kier molecular flexibility index (Phi) is 9.12. The number of nitrogens with one attached hydrogen (secondary N) is 2. The fraction of sp³-hybridized carbons (Fsp3) is 0.556. The minimum Gasteiger partial charge on any atom is -0.390 e. The molecule has 140 valence electrons. The quantitative estimate of drug-likeness (QED) is 0.368. The molecule has 0 heterocycles. The van der Waals surface area contributed by atoms with Gasteiger partial charge in [-0.1, -0.05) is 44.2 Å². The van der Waals surface area contributed by atoms with Gasteiger partial charge in [0.15, 0.2) is 0 Å². The third-order valence-corrected chi connectivity index (χ3v) is 3.75. The first-order chi connectivity index (χ1) is 11.8. The van der Waals surface area contributed by atoms with Crippen molar-refractivity contribution < 1.29 is 14.7 Å². The topological polar surface area (TPSA) is 130 Å². The molecule has 2 amide bonds. The van der Waals surface area contributed by atoms with Crippen molar-refractivity contribution >= 4 is 11.8 Å². The summed E-state index contributed by atoms with van der Waals surface area (Å²) in [6.45, 7) is 5.27. The van der Waals surface area contributed by atoms with Crippen LogP contribution in [0, 0.1) is 5.92 Å². The second-order valence-electron chi connectivity index (χ2n) is 6.70. The molecule has 0 radical (unpaired) electrons. The minimum absolute atomic E-state index is 0.231. The molecule has 0 bridgehead atoms. The highest BCUT2D eigenvalue weighted by Crippen LogP contribution is 2.07. The van der Waals surface area contributed by atoms with Gasteiger partial charge in [-0.15, -0.1) is 0 Å². The Morgan fingerprint density at radius 1 is 1.16 bits per heavy atom. The standard InChI is InChI=1S/C18H30N4O3/c1-12(2)10-21-11-16(23)15(8-13-6-4-3-5-7-13)22-18(25)14(19)9-17(20)24/h3-7,12,14-16,21,23H,8-11,19H2,1-2H3,(H2,20,24)(H,22,25). The molecule has 0 aliphatic rings. The molecule has 7 N–H and O–H groups in total. The van der Waals surface area contributed by atoms with E-state index in [2.05, 4.69) is 24.5 Å². The Morgan fingerprint density at radius 2 is 1.80 bits per heavy atom. The van der Waals surface area contributed by atoms with Crippen molar-refractivity contribution in [1.82, 2.24) is 10.6 Å². The summed E-state index contributed by atoms with van der Waals surface area (Å²) in [5, 5.41) is 16.4. The van der Waals surface area contributed by atoms with Crippen LogP contribution in [0.15, 0.2) is 30.3 Å². The number of hydrogen-bond acceptors (Lipinski definition) is 5. The molecule has 25 heavy (non-hydrogen) atoms. The summed E-state index contributed by atoms with van der Waals surface area (Å²) < 4.78 is 0. The molecule has 1 aromatic rings. The van der Waals surface area contributed by atoms with Crippen molar-refractivity contribution in [1.29, 1.82) is 0 Å². The van der Waals surface area contributed by atoms with E-state index in [0.717, 1.165) is 12.1 Å². The Hall–Kier alpha value is -1.96. The lowest BCUT2D eigenvalue weighted by molar-refractivity contribution is -0.127. The predicted molar refractivity (Wildman–Crippen MR) is 97.6 cm³/mol. The van der Waals surface area contributed by atoms with Crippen LogP contribution < -0.4 is 22.1 Å². The molecule has 0 aliphatic carbocycles. The van der Waals surface area contributed by atoms with Gasteiger partial charge in [-0.2, -0.15) is 0 Å². The van der Waals surface area contributed by atoms with E-state index in [1.54, 1.807) is 0 Å². The number of hydrogen-bond donors (Lipinski definition) is 5. The Morgan fingerprint density at radius 3 is 2.36 bits per heavy atom. The van der Waals surface area contributed by atoms with Gasteiger partial charge in [0.2, 0.25) is 11.8 Å². The van der Waals surface area contributed by atoms with Crippen LogP contribution >= 0.6 is 0 Å². The molecule has 1 aromatic carbocycles. The molecule has 1 rings (SSSR count). The van der Waals surface area contributed by atoms with Crippen LogP contribution in [-0.4, -0.2) is 48.2 Å². The maximum atomic E-state index is 12.2. The normalized spacial score (nSPS) is 14.8. The first-order valence-corrected chi connectivity index (χ1v) is 8.56. The van der Waals surface area contributed by atoms with Crippen LogP contribution in [0.25, 0.3) is 0 Å². The zero-order valence-corrected chi connectivity index (χ0v) is 14.9. The summed E-state index contributed by atoms with van der Waals surface area (Å²) in [4.78, 5) is 23.1. The van der Waals surface area contributed by atoms with Gasteiger partial charge in [0.1, 0.15) is 0 Å². The number of aliphatic hydroxyl groups excluding tert-OH is 1. The molecule has 7 nitrogen and oxygen atoms in total. The van der Waals surface area contributed by atoms with Crippen LogP contribution in [0.5, 0.6) is 0 Å². The van der Waals surface area contributed by atoms with Crippen LogP contribution in [0.1, 0.15) is 25.8 Å². The van der Waals surface area contributed by atoms with Crippen molar-refractivity contribution in [3.63, 3.8) is 0 Å². The van der Waals surface area contributed by atoms with Crippen LogP contribution in [0.3, 0.4) is 0 Å². The van der Waals surface area contributed by atoms with Gasteiger partial charge in [0.25, 0.3) is 0 Å². The van der Waals surface area contributed by atoms with E-state index in [9.17, 15) is 14.7 Å². The molecule has 0 saturated carbocycles. The first kappa shape index (κ1) is 21.1. The fourth-order valence-electron chi connectivity index (χ4n) is 2.41. The monoisotopic (exact) mass is 350 g/mol. The van der Waals surface area contributed by atoms with Crippen molar-refractivity contribution in [2.45, 2.75) is 44.9 Å². The molecular weight excluding hydrogens is 320 g/mol. The number of amides is 2. The number of carbonyl (C=O) groups is 2. The van der Waals surface area contributed by atoms with Crippen molar-refractivity contribution in [2.75, 3.05) is 13.1 Å². The number of aliphatic hydroxyl groups is 1. The van der Waals surface area contributed by atoms with E-state index in [1.807, 2.05) is 30.3 Å². The van der Waals surface area contributed by atoms with Gasteiger partial charge in [-0.05, 0) is 24.4 Å². The molecular formula is C18H30N4O3. The van der Waals surface area contributed by atoms with Crippen molar-refractivity contribution in [2.24, 2.45) is 17.4 Å². The molecule has 0 saturated heterocycles. The second kappa shape index (κ2) is 10.8. The smallest absolute Gasteiger partial charge is 0.237 e. The lowest BCUT2D eigenvalue weighted by Gasteiger charge is -2.26. The van der Waals surface area contributed by atoms with Gasteiger partial charge in [0.05, 0.1) is 24.6 Å². The van der Waals surface area contributed by atoms with E-state index in [1.165, 1.54) is 0 Å². The molecule has 0 aliphatic heterocycles. The maximum Gasteiger partial charge on any atom is 0.237 e. The van der Waals surface area contributed by atoms with E-state index in [0.29, 0.717) is 18.9 Å². The van der Waals surface area contributed by atoms with Gasteiger partial charge >= 0.3 is 0 Å². The average molecular weight is 350 g/mol. The summed E-state index contributed by atoms with van der Waals surface area (Å²) >= 11 is 0. The van der Waals surface area contributed by atoms with Gasteiger partial charge in [-0.3, -0.25) is 9.59 Å². The third-order valence-electron chi connectivity index (χ3n) is 3.75. The van der Waals surface area contributed by atoms with E-state index in [4.69, 9.17) is 11.5 Å². The number of primary amides is 1. The van der Waals surface area contributed by atoms with E-state index < -0.39 is 30.0 Å². The van der Waals surface area contributed by atoms with Gasteiger partial charge in [-0.25, -0.2) is 0 Å². The van der Waals surface area contributed by atoms with Crippen LogP contribution in [-0.2, 0) is 16.0 Å². The largest absolute Gasteiger partial charge is 0.390 e. The highest BCUT2D eigenvalue weighted by molar-refractivity contribution is 5.87. The number of benzene rings is 1. The van der Waals surface area contributed by atoms with Gasteiger partial charge < -0.3 is 27.2 Å². The Bertz CT molecular complexity index is 536. The molecule has 0 spiro atoms. The van der Waals surface area contributed by atoms with E-state index >= 15 is 0 Å². The van der Waals surface area contributed by atoms with Crippen molar-refractivity contribution in [3.05, 3.63) is 35.9 Å². The molecule has 7 heteroatoms. The molecule has 3 atom stereocenters. The second-order valence-corrected chi connectivity index (χ2v) is 6.70. The summed E-state index contributed by atoms with van der Waals surface area (Å²) in [7, 11) is 0. The number of nitrogens with two attached hydrogens (primary N) is 2. The highest BCUT2D eigenvalue weighted by Gasteiger charge is 2.25. The zero-order valence-electron chi connectivity index (χ0n) is 14.9. The summed E-state index contributed by atoms with van der Waals surface area (Å²) in [5.41, 5.74) is 11.8. The number of rotatable bonds is 11. The lowest BCUT2D eigenvalue weighted by Crippen LogP contribution is -2.53. The fourth-order valence-corrected chi connectivity index (χ4v) is 2.41. The molecule has 0 aromatic heterocycles. The summed E-state index contributed by atoms with van der Waals surface area (Å²) in [6, 6.07) is 8.01. The van der Waals surface area contributed by atoms with Crippen LogP contribution in [0.4, 0.5) is 0 Å². The SMILES string of the molecule is CC(C)CNCC(O)C(Cc1ccccc1)NC(=O)C(N)CC(N)=O. The number of carbonyl (C=O) groups excluding carboxylic acids is 2. The molecule has 0 fully saturated rings. The first-order valence-electron chi connectivity index (χ1n) is 8.56. The Labute approximate surface area is 149 Å². The van der Waals surface area contributed by atoms with Gasteiger partial charge in [0, 0.05) is 6.54 Å². The summed E-state index contributed by atoms with van der Waals surface area (Å²) in [6.07, 6.45) is -0.560. The minimum atomic E-state index is -1.02. The highest BCUT2D eigenvalue weighted by atomic mass is 16.3. The zero-order chi connectivity index (χ0) is 18.8. The van der Waals surface area contributed by atoms with E-state index in [-0.39, 0.29) is 6.42 Å². The lowest BCUT2D eigenvalue weighted by atomic mass is 10.00. The Balaban J connectivity index is 2.72. The maximum absolute atomic E-state index is 12.2.